The predicted molar refractivity (Wildman–Crippen MR) is 67.7 cm³/mol. The number of aromatic hydroxyl groups is 1. The van der Waals surface area contributed by atoms with Crippen molar-refractivity contribution in [2.75, 3.05) is 20.6 Å². The molecule has 0 spiro atoms. The summed E-state index contributed by atoms with van der Waals surface area (Å²) in [5.41, 5.74) is 1.20. The van der Waals surface area contributed by atoms with Gasteiger partial charge in [0.15, 0.2) is 0 Å². The van der Waals surface area contributed by atoms with Gasteiger partial charge in [-0.15, -0.1) is 0 Å². The van der Waals surface area contributed by atoms with Gasteiger partial charge in [0.2, 0.25) is 0 Å². The molecule has 0 fully saturated rings. The van der Waals surface area contributed by atoms with Crippen LogP contribution in [0.1, 0.15) is 25.5 Å². The summed E-state index contributed by atoms with van der Waals surface area (Å²) in [6, 6.07) is 8.18. The van der Waals surface area contributed by atoms with Crippen LogP contribution in [0.25, 0.3) is 0 Å². The van der Waals surface area contributed by atoms with Gasteiger partial charge in [-0.05, 0) is 45.6 Å². The highest BCUT2D eigenvalue weighted by atomic mass is 16.3. The molecule has 0 aliphatic carbocycles. The van der Waals surface area contributed by atoms with Crippen molar-refractivity contribution < 1.29 is 5.11 Å². The van der Waals surface area contributed by atoms with E-state index < -0.39 is 0 Å². The molecule has 16 heavy (non-hydrogen) atoms. The Morgan fingerprint density at radius 2 is 1.75 bits per heavy atom. The minimum atomic E-state index is 0.308. The maximum atomic E-state index is 9.20. The molecule has 0 bridgehead atoms. The summed E-state index contributed by atoms with van der Waals surface area (Å²) in [5, 5.41) is 12.7. The standard InChI is InChI=1S/C13H22N2O/c1-10(15(3)4)9-14-11(2)12-5-7-13(16)8-6-12/h5-8,10-11,14,16H,9H2,1-4H3. The number of nitrogens with one attached hydrogen (secondary N) is 1. The smallest absolute Gasteiger partial charge is 0.115 e. The molecule has 0 radical (unpaired) electrons. The minimum absolute atomic E-state index is 0.308. The lowest BCUT2D eigenvalue weighted by atomic mass is 10.1. The maximum absolute atomic E-state index is 9.20. The average Bonchev–Trinajstić information content (AvgIpc) is 2.26. The predicted octanol–water partition coefficient (Wildman–Crippen LogP) is 1.99. The zero-order valence-corrected chi connectivity index (χ0v) is 10.6. The second-order valence-corrected chi connectivity index (χ2v) is 4.53. The molecule has 0 heterocycles. The first-order valence-corrected chi connectivity index (χ1v) is 5.69. The summed E-state index contributed by atoms with van der Waals surface area (Å²) < 4.78 is 0. The van der Waals surface area contributed by atoms with Crippen LogP contribution < -0.4 is 5.32 Å². The molecule has 0 saturated carbocycles. The summed E-state index contributed by atoms with van der Waals surface area (Å²) in [6.45, 7) is 5.28. The molecule has 90 valence electrons. The van der Waals surface area contributed by atoms with Gasteiger partial charge in [-0.2, -0.15) is 0 Å². The first kappa shape index (κ1) is 13.0. The van der Waals surface area contributed by atoms with Gasteiger partial charge in [0, 0.05) is 18.6 Å². The van der Waals surface area contributed by atoms with E-state index in [9.17, 15) is 5.11 Å². The molecule has 2 atom stereocenters. The van der Waals surface area contributed by atoms with E-state index >= 15 is 0 Å². The van der Waals surface area contributed by atoms with Crippen LogP contribution in [0.3, 0.4) is 0 Å². The van der Waals surface area contributed by atoms with E-state index in [0.717, 1.165) is 6.54 Å². The van der Waals surface area contributed by atoms with Crippen LogP contribution in [0.5, 0.6) is 5.75 Å². The van der Waals surface area contributed by atoms with Crippen molar-refractivity contribution in [2.45, 2.75) is 25.9 Å². The Hall–Kier alpha value is -1.06. The zero-order chi connectivity index (χ0) is 12.1. The van der Waals surface area contributed by atoms with Gasteiger partial charge in [-0.1, -0.05) is 12.1 Å². The third kappa shape index (κ3) is 3.83. The second kappa shape index (κ2) is 5.87. The van der Waals surface area contributed by atoms with E-state index in [-0.39, 0.29) is 0 Å². The summed E-state index contributed by atoms with van der Waals surface area (Å²) >= 11 is 0. The number of nitrogens with zero attached hydrogens (tertiary/aromatic N) is 1. The monoisotopic (exact) mass is 222 g/mol. The van der Waals surface area contributed by atoms with Crippen LogP contribution in [0, 0.1) is 0 Å². The number of phenols is 1. The van der Waals surface area contributed by atoms with Gasteiger partial charge in [0.05, 0.1) is 0 Å². The van der Waals surface area contributed by atoms with Gasteiger partial charge in [0.25, 0.3) is 0 Å². The Morgan fingerprint density at radius 1 is 1.19 bits per heavy atom. The van der Waals surface area contributed by atoms with E-state index in [4.69, 9.17) is 0 Å². The van der Waals surface area contributed by atoms with Gasteiger partial charge in [-0.3, -0.25) is 0 Å². The molecule has 0 aliphatic heterocycles. The molecule has 0 aromatic heterocycles. The van der Waals surface area contributed by atoms with Crippen molar-refractivity contribution in [1.82, 2.24) is 10.2 Å². The summed E-state index contributed by atoms with van der Waals surface area (Å²) in [6.07, 6.45) is 0. The van der Waals surface area contributed by atoms with Crippen molar-refractivity contribution >= 4 is 0 Å². The molecule has 1 aromatic rings. The number of rotatable bonds is 5. The quantitative estimate of drug-likeness (QED) is 0.800. The fourth-order valence-electron chi connectivity index (χ4n) is 1.41. The first-order chi connectivity index (χ1) is 7.50. The van der Waals surface area contributed by atoms with E-state index in [1.54, 1.807) is 12.1 Å². The SMILES string of the molecule is CC(NCC(C)N(C)C)c1ccc(O)cc1. The Bertz CT molecular complexity index is 308. The molecule has 0 amide bonds. The number of hydrogen-bond acceptors (Lipinski definition) is 3. The molecule has 3 heteroatoms. The highest BCUT2D eigenvalue weighted by Crippen LogP contribution is 2.16. The van der Waals surface area contributed by atoms with Crippen molar-refractivity contribution in [3.05, 3.63) is 29.8 Å². The number of hydrogen-bond donors (Lipinski definition) is 2. The third-order valence-corrected chi connectivity index (χ3v) is 2.99. The van der Waals surface area contributed by atoms with E-state index in [1.807, 2.05) is 12.1 Å². The summed E-state index contributed by atoms with van der Waals surface area (Å²) in [5.74, 6) is 0.317. The molecule has 2 N–H and O–H groups in total. The number of benzene rings is 1. The van der Waals surface area contributed by atoms with Crippen LogP contribution in [0.15, 0.2) is 24.3 Å². The van der Waals surface area contributed by atoms with Gasteiger partial charge in [0.1, 0.15) is 5.75 Å². The van der Waals surface area contributed by atoms with Crippen molar-refractivity contribution in [3.8, 4) is 5.75 Å². The van der Waals surface area contributed by atoms with Gasteiger partial charge < -0.3 is 15.3 Å². The lowest BCUT2D eigenvalue weighted by molar-refractivity contribution is 0.295. The maximum Gasteiger partial charge on any atom is 0.115 e. The molecule has 3 nitrogen and oxygen atoms in total. The van der Waals surface area contributed by atoms with Crippen LogP contribution in [0.2, 0.25) is 0 Å². The van der Waals surface area contributed by atoms with E-state index in [2.05, 4.69) is 38.2 Å². The largest absolute Gasteiger partial charge is 0.508 e. The van der Waals surface area contributed by atoms with Crippen LogP contribution in [-0.2, 0) is 0 Å². The summed E-state index contributed by atoms with van der Waals surface area (Å²) in [7, 11) is 4.16. The molecule has 0 aliphatic rings. The zero-order valence-electron chi connectivity index (χ0n) is 10.6. The Balaban J connectivity index is 2.46. The lowest BCUT2D eigenvalue weighted by Crippen LogP contribution is -2.36. The van der Waals surface area contributed by atoms with Crippen molar-refractivity contribution in [1.29, 1.82) is 0 Å². The molecule has 1 rings (SSSR count). The highest BCUT2D eigenvalue weighted by molar-refractivity contribution is 5.27. The third-order valence-electron chi connectivity index (χ3n) is 2.99. The number of likely N-dealkylation sites (N-methyl/N-ethyl adjacent to an activating group) is 1. The van der Waals surface area contributed by atoms with Crippen LogP contribution >= 0.6 is 0 Å². The van der Waals surface area contributed by atoms with Gasteiger partial charge in [-0.25, -0.2) is 0 Å². The van der Waals surface area contributed by atoms with Crippen LogP contribution in [-0.4, -0.2) is 36.7 Å². The molecule has 1 aromatic carbocycles. The van der Waals surface area contributed by atoms with E-state index in [0.29, 0.717) is 17.8 Å². The average molecular weight is 222 g/mol. The van der Waals surface area contributed by atoms with Crippen molar-refractivity contribution in [2.24, 2.45) is 0 Å². The number of phenolic OH excluding ortho intramolecular Hbond substituents is 1. The first-order valence-electron chi connectivity index (χ1n) is 5.69. The summed E-state index contributed by atoms with van der Waals surface area (Å²) in [4.78, 5) is 2.19. The molecule has 0 saturated heterocycles. The Kier molecular flexibility index (Phi) is 4.77. The Morgan fingerprint density at radius 3 is 2.25 bits per heavy atom. The Labute approximate surface area is 98.1 Å². The fourth-order valence-corrected chi connectivity index (χ4v) is 1.41. The van der Waals surface area contributed by atoms with Crippen LogP contribution in [0.4, 0.5) is 0 Å². The second-order valence-electron chi connectivity index (χ2n) is 4.53. The van der Waals surface area contributed by atoms with Crippen molar-refractivity contribution in [3.63, 3.8) is 0 Å². The lowest BCUT2D eigenvalue weighted by Gasteiger charge is -2.23. The highest BCUT2D eigenvalue weighted by Gasteiger charge is 2.08. The minimum Gasteiger partial charge on any atom is -0.508 e. The van der Waals surface area contributed by atoms with Gasteiger partial charge >= 0.3 is 0 Å². The molecular formula is C13H22N2O. The molecular weight excluding hydrogens is 200 g/mol. The topological polar surface area (TPSA) is 35.5 Å². The van der Waals surface area contributed by atoms with E-state index in [1.165, 1.54) is 5.56 Å². The fraction of sp³-hybridized carbons (Fsp3) is 0.538. The normalized spacial score (nSPS) is 15.1. The molecule has 2 unspecified atom stereocenters.